The van der Waals surface area contributed by atoms with Crippen LogP contribution < -0.4 is 5.32 Å². The lowest BCUT2D eigenvalue weighted by molar-refractivity contribution is -0.121. The number of nitrogens with zero attached hydrogens (tertiary/aromatic N) is 3. The number of anilines is 1. The number of hydrogen-bond acceptors (Lipinski definition) is 3. The van der Waals surface area contributed by atoms with E-state index in [2.05, 4.69) is 5.32 Å². The maximum absolute atomic E-state index is 13.6. The number of rotatable bonds is 5. The van der Waals surface area contributed by atoms with E-state index in [1.54, 1.807) is 4.68 Å². The molecule has 1 fully saturated rings. The maximum atomic E-state index is 13.6. The largest absolute Gasteiger partial charge is 0.338 e. The molecule has 1 N–H and O–H groups in total. The first-order valence-corrected chi connectivity index (χ1v) is 11.5. The number of likely N-dealkylation sites (tertiary alicyclic amines) is 1. The Hall–Kier alpha value is -4.19. The molecule has 170 valence electrons. The highest BCUT2D eigenvalue weighted by molar-refractivity contribution is 6.00. The first-order valence-electron chi connectivity index (χ1n) is 11.5. The minimum Gasteiger partial charge on any atom is -0.338 e. The van der Waals surface area contributed by atoms with Gasteiger partial charge in [0.05, 0.1) is 11.3 Å². The summed E-state index contributed by atoms with van der Waals surface area (Å²) in [5.74, 6) is -0.145. The summed E-state index contributed by atoms with van der Waals surface area (Å²) < 4.78 is 1.76. The molecule has 1 aromatic heterocycles. The number of nitrogens with one attached hydrogen (secondary N) is 1. The van der Waals surface area contributed by atoms with Gasteiger partial charge in [0, 0.05) is 36.5 Å². The summed E-state index contributed by atoms with van der Waals surface area (Å²) in [6.07, 6.45) is 3.09. The van der Waals surface area contributed by atoms with Gasteiger partial charge in [-0.1, -0.05) is 66.7 Å². The van der Waals surface area contributed by atoms with Gasteiger partial charge in [-0.25, -0.2) is 4.68 Å². The van der Waals surface area contributed by atoms with Crippen molar-refractivity contribution in [3.63, 3.8) is 0 Å². The van der Waals surface area contributed by atoms with Crippen molar-refractivity contribution in [2.45, 2.75) is 12.8 Å². The van der Waals surface area contributed by atoms with Crippen LogP contribution >= 0.6 is 0 Å². The van der Waals surface area contributed by atoms with Crippen molar-refractivity contribution in [1.29, 1.82) is 0 Å². The van der Waals surface area contributed by atoms with Gasteiger partial charge in [0.2, 0.25) is 5.91 Å². The number of carbonyl (C=O) groups excluding carboxylic acids is 2. The Labute approximate surface area is 198 Å². The maximum Gasteiger partial charge on any atom is 0.257 e. The molecule has 4 aromatic rings. The van der Waals surface area contributed by atoms with Crippen LogP contribution in [0.1, 0.15) is 23.2 Å². The highest BCUT2D eigenvalue weighted by Crippen LogP contribution is 2.27. The Bertz CT molecular complexity index is 1260. The molecular weight excluding hydrogens is 424 g/mol. The van der Waals surface area contributed by atoms with Crippen molar-refractivity contribution in [3.8, 4) is 16.9 Å². The summed E-state index contributed by atoms with van der Waals surface area (Å²) in [4.78, 5) is 28.1. The smallest absolute Gasteiger partial charge is 0.257 e. The van der Waals surface area contributed by atoms with Gasteiger partial charge in [0.15, 0.2) is 0 Å². The molecule has 1 saturated heterocycles. The van der Waals surface area contributed by atoms with E-state index in [-0.39, 0.29) is 17.7 Å². The fourth-order valence-electron chi connectivity index (χ4n) is 4.33. The molecule has 34 heavy (non-hydrogen) atoms. The van der Waals surface area contributed by atoms with Gasteiger partial charge in [0.1, 0.15) is 5.69 Å². The van der Waals surface area contributed by atoms with E-state index in [4.69, 9.17) is 5.10 Å². The third-order valence-corrected chi connectivity index (χ3v) is 6.21. The molecule has 0 saturated carbocycles. The Balaban J connectivity index is 1.33. The summed E-state index contributed by atoms with van der Waals surface area (Å²) in [5.41, 5.74) is 3.83. The number of para-hydroxylation sites is 2. The summed E-state index contributed by atoms with van der Waals surface area (Å²) in [7, 11) is 0. The molecule has 0 bridgehead atoms. The van der Waals surface area contributed by atoms with Crippen LogP contribution in [0, 0.1) is 5.92 Å². The Morgan fingerprint density at radius 1 is 0.794 bits per heavy atom. The zero-order chi connectivity index (χ0) is 23.3. The highest BCUT2D eigenvalue weighted by Gasteiger charge is 2.30. The Kier molecular flexibility index (Phi) is 6.21. The van der Waals surface area contributed by atoms with E-state index >= 15 is 0 Å². The number of amides is 2. The van der Waals surface area contributed by atoms with Gasteiger partial charge in [-0.3, -0.25) is 9.59 Å². The number of carbonyl (C=O) groups is 2. The number of aromatic nitrogens is 2. The van der Waals surface area contributed by atoms with Gasteiger partial charge >= 0.3 is 0 Å². The van der Waals surface area contributed by atoms with E-state index in [9.17, 15) is 9.59 Å². The fraction of sp³-hybridized carbons (Fsp3) is 0.179. The first kappa shape index (κ1) is 21.6. The Morgan fingerprint density at radius 3 is 2.03 bits per heavy atom. The van der Waals surface area contributed by atoms with Crippen molar-refractivity contribution in [1.82, 2.24) is 14.7 Å². The average molecular weight is 451 g/mol. The first-order chi connectivity index (χ1) is 16.7. The molecule has 6 nitrogen and oxygen atoms in total. The summed E-state index contributed by atoms with van der Waals surface area (Å²) in [6, 6.07) is 29.0. The van der Waals surface area contributed by atoms with Crippen molar-refractivity contribution in [2.24, 2.45) is 5.92 Å². The number of hydrogen-bond donors (Lipinski definition) is 1. The second-order valence-electron chi connectivity index (χ2n) is 8.46. The molecule has 5 rings (SSSR count). The van der Waals surface area contributed by atoms with E-state index in [1.807, 2.05) is 102 Å². The van der Waals surface area contributed by atoms with Gasteiger partial charge in [-0.2, -0.15) is 5.10 Å². The van der Waals surface area contributed by atoms with E-state index in [0.717, 1.165) is 16.9 Å². The predicted molar refractivity (Wildman–Crippen MR) is 133 cm³/mol. The summed E-state index contributed by atoms with van der Waals surface area (Å²) >= 11 is 0. The lowest BCUT2D eigenvalue weighted by atomic mass is 9.95. The lowest BCUT2D eigenvalue weighted by Gasteiger charge is -2.31. The second kappa shape index (κ2) is 9.75. The van der Waals surface area contributed by atoms with Crippen LogP contribution in [0.15, 0.2) is 97.2 Å². The third kappa shape index (κ3) is 4.62. The molecule has 0 radical (unpaired) electrons. The van der Waals surface area contributed by atoms with Crippen LogP contribution in [0.3, 0.4) is 0 Å². The van der Waals surface area contributed by atoms with Crippen molar-refractivity contribution in [2.75, 3.05) is 18.4 Å². The van der Waals surface area contributed by atoms with Gasteiger partial charge in [-0.05, 0) is 37.1 Å². The topological polar surface area (TPSA) is 67.2 Å². The van der Waals surface area contributed by atoms with Crippen LogP contribution in [0.5, 0.6) is 0 Å². The molecule has 2 amide bonds. The molecule has 1 aliphatic heterocycles. The van der Waals surface area contributed by atoms with Gasteiger partial charge in [-0.15, -0.1) is 0 Å². The van der Waals surface area contributed by atoms with Gasteiger partial charge < -0.3 is 10.2 Å². The summed E-state index contributed by atoms with van der Waals surface area (Å²) in [6.45, 7) is 1.08. The van der Waals surface area contributed by atoms with Crippen molar-refractivity contribution >= 4 is 17.5 Å². The quantitative estimate of drug-likeness (QED) is 0.464. The van der Waals surface area contributed by atoms with E-state index in [0.29, 0.717) is 37.2 Å². The van der Waals surface area contributed by atoms with Crippen LogP contribution in [-0.2, 0) is 4.79 Å². The zero-order valence-corrected chi connectivity index (χ0v) is 18.8. The number of benzene rings is 3. The monoisotopic (exact) mass is 450 g/mol. The third-order valence-electron chi connectivity index (χ3n) is 6.21. The molecule has 2 heterocycles. The predicted octanol–water partition coefficient (Wildman–Crippen LogP) is 5.03. The zero-order valence-electron chi connectivity index (χ0n) is 18.8. The molecule has 3 aromatic carbocycles. The lowest BCUT2D eigenvalue weighted by Crippen LogP contribution is -2.41. The van der Waals surface area contributed by atoms with Crippen LogP contribution in [0.25, 0.3) is 16.9 Å². The highest BCUT2D eigenvalue weighted by atomic mass is 16.2. The molecule has 1 aliphatic rings. The molecule has 0 aliphatic carbocycles. The molecular formula is C28H26N4O2. The van der Waals surface area contributed by atoms with Crippen LogP contribution in [-0.4, -0.2) is 39.6 Å². The standard InChI is InChI=1S/C28H26N4O2/c33-27(29-23-12-6-2-7-13-23)22-16-18-31(19-17-22)28(34)25-20-32(24-14-8-3-9-15-24)30-26(25)21-10-4-1-5-11-21/h1-15,20,22H,16-19H2,(H,29,33). The summed E-state index contributed by atoms with van der Waals surface area (Å²) in [5, 5.41) is 7.75. The van der Waals surface area contributed by atoms with E-state index in [1.165, 1.54) is 0 Å². The normalized spacial score (nSPS) is 14.1. The van der Waals surface area contributed by atoms with Crippen molar-refractivity contribution in [3.05, 3.63) is 103 Å². The second-order valence-corrected chi connectivity index (χ2v) is 8.46. The minimum absolute atomic E-state index is 0.0140. The Morgan fingerprint density at radius 2 is 1.38 bits per heavy atom. The van der Waals surface area contributed by atoms with Gasteiger partial charge in [0.25, 0.3) is 5.91 Å². The van der Waals surface area contributed by atoms with Crippen LogP contribution in [0.2, 0.25) is 0 Å². The average Bonchev–Trinajstić information content (AvgIpc) is 3.36. The van der Waals surface area contributed by atoms with Crippen LogP contribution in [0.4, 0.5) is 5.69 Å². The van der Waals surface area contributed by atoms with Crippen molar-refractivity contribution < 1.29 is 9.59 Å². The molecule has 0 spiro atoms. The molecule has 0 atom stereocenters. The molecule has 6 heteroatoms. The molecule has 0 unspecified atom stereocenters. The number of piperidine rings is 1. The van der Waals surface area contributed by atoms with E-state index < -0.39 is 0 Å². The SMILES string of the molecule is O=C(Nc1ccccc1)C1CCN(C(=O)c2cn(-c3ccccc3)nc2-c2ccccc2)CC1. The minimum atomic E-state index is -0.107. The fourth-order valence-corrected chi connectivity index (χ4v) is 4.33.